The lowest BCUT2D eigenvalue weighted by atomic mass is 10.1. The van der Waals surface area contributed by atoms with Crippen molar-refractivity contribution < 1.29 is 9.47 Å². The zero-order valence-electron chi connectivity index (χ0n) is 17.3. The first-order chi connectivity index (χ1) is 13.2. The minimum atomic E-state index is 0.331. The fraction of sp³-hybridized carbons (Fsp3) is 0.682. The van der Waals surface area contributed by atoms with E-state index >= 15 is 0 Å². The van der Waals surface area contributed by atoms with E-state index in [1.807, 2.05) is 7.05 Å². The van der Waals surface area contributed by atoms with E-state index in [4.69, 9.17) is 9.47 Å². The van der Waals surface area contributed by atoms with Crippen LogP contribution in [0.4, 0.5) is 0 Å². The van der Waals surface area contributed by atoms with Gasteiger partial charge in [-0.15, -0.1) is 0 Å². The third-order valence-electron chi connectivity index (χ3n) is 4.95. The van der Waals surface area contributed by atoms with Crippen LogP contribution in [0.15, 0.2) is 29.3 Å². The van der Waals surface area contributed by atoms with E-state index in [0.29, 0.717) is 18.8 Å². The first kappa shape index (κ1) is 21.7. The van der Waals surface area contributed by atoms with Gasteiger partial charge in [0.1, 0.15) is 0 Å². The normalized spacial score (nSPS) is 16.9. The maximum atomic E-state index is 6.03. The standard InChI is InChI=1S/C22H37N3O2/c1-4-5-6-8-18(2)25-22(23-3)24-16-19-9-7-10-20(15-19)17-27-21-11-13-26-14-12-21/h7,9-10,15,18,21H,4-6,8,11-14,16-17H2,1-3H3,(H2,23,24,25). The molecule has 0 bridgehead atoms. The van der Waals surface area contributed by atoms with Crippen molar-refractivity contribution in [3.63, 3.8) is 0 Å². The van der Waals surface area contributed by atoms with Gasteiger partial charge in [0.2, 0.25) is 0 Å². The van der Waals surface area contributed by atoms with Gasteiger partial charge in [0, 0.05) is 32.8 Å². The molecule has 1 saturated heterocycles. The lowest BCUT2D eigenvalue weighted by Gasteiger charge is -2.22. The zero-order valence-corrected chi connectivity index (χ0v) is 17.3. The molecule has 1 fully saturated rings. The van der Waals surface area contributed by atoms with E-state index in [1.165, 1.54) is 36.8 Å². The molecule has 2 rings (SSSR count). The number of aliphatic imine (C=N–C) groups is 1. The molecule has 0 radical (unpaired) electrons. The van der Waals surface area contributed by atoms with Crippen molar-refractivity contribution in [1.82, 2.24) is 10.6 Å². The molecule has 152 valence electrons. The Morgan fingerprint density at radius 2 is 2.04 bits per heavy atom. The van der Waals surface area contributed by atoms with E-state index in [2.05, 4.69) is 53.7 Å². The molecule has 1 atom stereocenters. The van der Waals surface area contributed by atoms with Gasteiger partial charge in [-0.05, 0) is 37.3 Å². The Morgan fingerprint density at radius 3 is 2.78 bits per heavy atom. The van der Waals surface area contributed by atoms with Crippen molar-refractivity contribution in [3.05, 3.63) is 35.4 Å². The molecule has 0 saturated carbocycles. The fourth-order valence-corrected chi connectivity index (χ4v) is 3.27. The van der Waals surface area contributed by atoms with Crippen LogP contribution >= 0.6 is 0 Å². The summed E-state index contributed by atoms with van der Waals surface area (Å²) in [7, 11) is 1.83. The Bertz CT molecular complexity index is 556. The van der Waals surface area contributed by atoms with Crippen molar-refractivity contribution in [2.45, 2.75) is 77.7 Å². The molecule has 1 heterocycles. The molecule has 1 unspecified atom stereocenters. The van der Waals surface area contributed by atoms with Crippen LogP contribution in [0.3, 0.4) is 0 Å². The number of ether oxygens (including phenoxy) is 2. The predicted molar refractivity (Wildman–Crippen MR) is 112 cm³/mol. The van der Waals surface area contributed by atoms with Gasteiger partial charge in [-0.1, -0.05) is 50.5 Å². The molecule has 27 heavy (non-hydrogen) atoms. The Morgan fingerprint density at radius 1 is 1.26 bits per heavy atom. The molecule has 0 aliphatic carbocycles. The molecule has 1 aromatic rings. The number of hydrogen-bond donors (Lipinski definition) is 2. The van der Waals surface area contributed by atoms with Gasteiger partial charge in [-0.25, -0.2) is 0 Å². The number of hydrogen-bond acceptors (Lipinski definition) is 3. The molecule has 0 spiro atoms. The lowest BCUT2D eigenvalue weighted by molar-refractivity contribution is -0.0390. The van der Waals surface area contributed by atoms with Crippen LogP contribution in [0.25, 0.3) is 0 Å². The molecular weight excluding hydrogens is 338 g/mol. The van der Waals surface area contributed by atoms with Crippen LogP contribution in [0.1, 0.15) is 63.5 Å². The molecule has 2 N–H and O–H groups in total. The molecule has 5 heteroatoms. The van der Waals surface area contributed by atoms with E-state index < -0.39 is 0 Å². The number of benzene rings is 1. The van der Waals surface area contributed by atoms with Gasteiger partial charge in [0.05, 0.1) is 12.7 Å². The van der Waals surface area contributed by atoms with Crippen LogP contribution in [0, 0.1) is 0 Å². The number of guanidine groups is 1. The van der Waals surface area contributed by atoms with Gasteiger partial charge < -0.3 is 20.1 Å². The van der Waals surface area contributed by atoms with Gasteiger partial charge in [0.15, 0.2) is 5.96 Å². The molecule has 1 aromatic carbocycles. The second kappa shape index (κ2) is 12.7. The first-order valence-corrected chi connectivity index (χ1v) is 10.5. The highest BCUT2D eigenvalue weighted by Gasteiger charge is 2.14. The summed E-state index contributed by atoms with van der Waals surface area (Å²) < 4.78 is 11.4. The summed E-state index contributed by atoms with van der Waals surface area (Å²) in [5, 5.41) is 6.90. The number of unbranched alkanes of at least 4 members (excludes halogenated alkanes) is 2. The maximum Gasteiger partial charge on any atom is 0.191 e. The van der Waals surface area contributed by atoms with Crippen LogP contribution in [0.5, 0.6) is 0 Å². The summed E-state index contributed by atoms with van der Waals surface area (Å²) in [4.78, 5) is 4.35. The van der Waals surface area contributed by atoms with E-state index in [9.17, 15) is 0 Å². The SMILES string of the molecule is CCCCCC(C)NC(=NC)NCc1cccc(COC2CCOCC2)c1. The van der Waals surface area contributed by atoms with E-state index in [0.717, 1.165) is 38.6 Å². The fourth-order valence-electron chi connectivity index (χ4n) is 3.27. The summed E-state index contributed by atoms with van der Waals surface area (Å²) in [6.45, 7) is 7.51. The quantitative estimate of drug-likeness (QED) is 0.368. The van der Waals surface area contributed by atoms with Crippen molar-refractivity contribution in [1.29, 1.82) is 0 Å². The van der Waals surface area contributed by atoms with Crippen molar-refractivity contribution >= 4 is 5.96 Å². The maximum absolute atomic E-state index is 6.03. The highest BCUT2D eigenvalue weighted by Crippen LogP contribution is 2.14. The third kappa shape index (κ3) is 8.76. The molecule has 0 aromatic heterocycles. The summed E-state index contributed by atoms with van der Waals surface area (Å²) in [5.41, 5.74) is 2.46. The van der Waals surface area contributed by atoms with Crippen LogP contribution in [0.2, 0.25) is 0 Å². The monoisotopic (exact) mass is 375 g/mol. The van der Waals surface area contributed by atoms with Gasteiger partial charge in [-0.2, -0.15) is 0 Å². The minimum absolute atomic E-state index is 0.331. The van der Waals surface area contributed by atoms with Crippen molar-refractivity contribution in [2.75, 3.05) is 20.3 Å². The van der Waals surface area contributed by atoms with Crippen LogP contribution < -0.4 is 10.6 Å². The Hall–Kier alpha value is -1.59. The lowest BCUT2D eigenvalue weighted by Crippen LogP contribution is -2.41. The topological polar surface area (TPSA) is 54.9 Å². The summed E-state index contributed by atoms with van der Waals surface area (Å²) in [6.07, 6.45) is 7.32. The van der Waals surface area contributed by atoms with Crippen LogP contribution in [-0.2, 0) is 22.6 Å². The Labute approximate surface area is 164 Å². The number of nitrogens with zero attached hydrogens (tertiary/aromatic N) is 1. The van der Waals surface area contributed by atoms with Crippen molar-refractivity contribution in [3.8, 4) is 0 Å². The first-order valence-electron chi connectivity index (χ1n) is 10.5. The summed E-state index contributed by atoms with van der Waals surface area (Å²) in [6, 6.07) is 9.02. The average Bonchev–Trinajstić information content (AvgIpc) is 2.71. The van der Waals surface area contributed by atoms with Crippen LogP contribution in [-0.4, -0.2) is 38.4 Å². The minimum Gasteiger partial charge on any atom is -0.381 e. The number of rotatable bonds is 10. The average molecular weight is 376 g/mol. The second-order valence-corrected chi connectivity index (χ2v) is 7.41. The highest BCUT2D eigenvalue weighted by molar-refractivity contribution is 5.79. The third-order valence-corrected chi connectivity index (χ3v) is 4.95. The van der Waals surface area contributed by atoms with Gasteiger partial charge >= 0.3 is 0 Å². The summed E-state index contributed by atoms with van der Waals surface area (Å²) in [5.74, 6) is 0.864. The molecule has 1 aliphatic heterocycles. The largest absolute Gasteiger partial charge is 0.381 e. The van der Waals surface area contributed by atoms with E-state index in [1.54, 1.807) is 0 Å². The van der Waals surface area contributed by atoms with Crippen molar-refractivity contribution in [2.24, 2.45) is 4.99 Å². The highest BCUT2D eigenvalue weighted by atomic mass is 16.5. The molecule has 1 aliphatic rings. The smallest absolute Gasteiger partial charge is 0.191 e. The van der Waals surface area contributed by atoms with E-state index in [-0.39, 0.29) is 0 Å². The summed E-state index contributed by atoms with van der Waals surface area (Å²) >= 11 is 0. The second-order valence-electron chi connectivity index (χ2n) is 7.41. The molecule has 5 nitrogen and oxygen atoms in total. The number of nitrogens with one attached hydrogen (secondary N) is 2. The Balaban J connectivity index is 1.75. The molecule has 0 amide bonds. The molecular formula is C22H37N3O2. The Kier molecular flexibility index (Phi) is 10.2. The predicted octanol–water partition coefficient (Wildman–Crippen LogP) is 4.02. The zero-order chi connectivity index (χ0) is 19.3. The van der Waals surface area contributed by atoms with Gasteiger partial charge in [0.25, 0.3) is 0 Å². The van der Waals surface area contributed by atoms with Gasteiger partial charge in [-0.3, -0.25) is 4.99 Å².